The average Bonchev–Trinajstić information content (AvgIpc) is 2.25. The first kappa shape index (κ1) is 12.1. The second-order valence-corrected chi connectivity index (χ2v) is 8.05. The summed E-state index contributed by atoms with van der Waals surface area (Å²) >= 11 is -2.01. The second-order valence-electron chi connectivity index (χ2n) is 2.84. The Morgan fingerprint density at radius 3 is 2.60 bits per heavy atom. The number of carbonyl (C=O) groups excluding carboxylic acids is 2. The monoisotopic (exact) mass is 397 g/mol. The Balaban J connectivity index is 2.86. The van der Waals surface area contributed by atoms with Crippen LogP contribution in [0.2, 0.25) is 0 Å². The minimum atomic E-state index is -2.01. The van der Waals surface area contributed by atoms with Crippen LogP contribution < -0.4 is 8.97 Å². The fraction of sp³-hybridized carbons (Fsp3) is 0.111. The predicted molar refractivity (Wildman–Crippen MR) is 47.4 cm³/mol. The van der Waals surface area contributed by atoms with Crippen molar-refractivity contribution in [2.24, 2.45) is 5.90 Å². The van der Waals surface area contributed by atoms with E-state index in [-0.39, 0.29) is 5.97 Å². The first-order chi connectivity index (χ1) is 7.15. The Kier molecular flexibility index (Phi) is 4.70. The summed E-state index contributed by atoms with van der Waals surface area (Å²) in [6.07, 6.45) is 0. The molecule has 5 nitrogen and oxygen atoms in total. The van der Waals surface area contributed by atoms with E-state index in [2.05, 4.69) is 4.84 Å². The molecular formula is C9H9HgNO4. The Bertz CT molecular complexity index is 380. The summed E-state index contributed by atoms with van der Waals surface area (Å²) in [7, 11) is 0. The number of hydrogen-bond acceptors (Lipinski definition) is 5. The standard InChI is InChI=1S/C7H6NO2.C2H4O2.Hg/c8-10-7(9)6-4-2-1-3-5-6;1-2(3)4;/h1-4H,8H2;1H3,(H,3,4);/q;;+1/p-1. The molecule has 0 atom stereocenters. The van der Waals surface area contributed by atoms with Crippen molar-refractivity contribution >= 4 is 15.0 Å². The van der Waals surface area contributed by atoms with Gasteiger partial charge in [-0.05, 0) is 0 Å². The molecule has 0 saturated carbocycles. The van der Waals surface area contributed by atoms with E-state index in [1.807, 2.05) is 0 Å². The Morgan fingerprint density at radius 2 is 2.00 bits per heavy atom. The number of nitrogens with two attached hydrogens (primary N) is 1. The molecule has 1 rings (SSSR count). The third kappa shape index (κ3) is 3.60. The molecule has 0 aliphatic rings. The summed E-state index contributed by atoms with van der Waals surface area (Å²) in [5, 5.41) is 0. The van der Waals surface area contributed by atoms with Crippen LogP contribution in [0.4, 0.5) is 0 Å². The first-order valence-electron chi connectivity index (χ1n) is 4.27. The van der Waals surface area contributed by atoms with Gasteiger partial charge in [0.1, 0.15) is 0 Å². The van der Waals surface area contributed by atoms with Crippen LogP contribution in [0, 0.1) is 0 Å². The van der Waals surface area contributed by atoms with E-state index in [0.29, 0.717) is 5.56 Å². The second kappa shape index (κ2) is 5.82. The van der Waals surface area contributed by atoms with Crippen molar-refractivity contribution in [1.29, 1.82) is 0 Å². The van der Waals surface area contributed by atoms with Crippen LogP contribution in [-0.2, 0) is 37.3 Å². The van der Waals surface area contributed by atoms with Crippen molar-refractivity contribution in [3.05, 3.63) is 29.8 Å². The summed E-state index contributed by atoms with van der Waals surface area (Å²) in [5.41, 5.74) is 0.392. The van der Waals surface area contributed by atoms with Gasteiger partial charge in [0.05, 0.1) is 0 Å². The number of benzene rings is 1. The molecule has 0 saturated heterocycles. The van der Waals surface area contributed by atoms with Crippen molar-refractivity contribution < 1.29 is 42.1 Å². The Labute approximate surface area is 99.6 Å². The van der Waals surface area contributed by atoms with Crippen molar-refractivity contribution in [2.45, 2.75) is 6.92 Å². The molecule has 0 bridgehead atoms. The van der Waals surface area contributed by atoms with Crippen LogP contribution in [0.1, 0.15) is 17.3 Å². The minimum absolute atomic E-state index is 0.312. The van der Waals surface area contributed by atoms with Crippen LogP contribution in [0.25, 0.3) is 0 Å². The molecular weight excluding hydrogens is 387 g/mol. The van der Waals surface area contributed by atoms with E-state index in [0.717, 1.165) is 3.07 Å². The molecule has 76 valence electrons. The SMILES string of the molecule is CC(=O)[O][Hg][c]1ccccc1C(=O)ON. The zero-order valence-electron chi connectivity index (χ0n) is 8.23. The third-order valence-corrected chi connectivity index (χ3v) is 7.52. The number of rotatable bonds is 3. The molecule has 1 aromatic rings. The van der Waals surface area contributed by atoms with E-state index in [1.54, 1.807) is 24.3 Å². The van der Waals surface area contributed by atoms with Crippen LogP contribution in [0.15, 0.2) is 24.3 Å². The summed E-state index contributed by atoms with van der Waals surface area (Å²) in [6.45, 7) is 1.35. The molecule has 0 aliphatic heterocycles. The molecule has 0 radical (unpaired) electrons. The van der Waals surface area contributed by atoms with Gasteiger partial charge in [-0.3, -0.25) is 0 Å². The molecule has 0 heterocycles. The molecule has 2 N–H and O–H groups in total. The maximum absolute atomic E-state index is 11.2. The quantitative estimate of drug-likeness (QED) is 0.571. The van der Waals surface area contributed by atoms with Gasteiger partial charge in [0.15, 0.2) is 0 Å². The van der Waals surface area contributed by atoms with Gasteiger partial charge in [-0.2, -0.15) is 0 Å². The molecule has 6 heteroatoms. The van der Waals surface area contributed by atoms with Crippen molar-refractivity contribution in [1.82, 2.24) is 0 Å². The average molecular weight is 396 g/mol. The molecule has 0 unspecified atom stereocenters. The van der Waals surface area contributed by atoms with Crippen LogP contribution in [0.3, 0.4) is 0 Å². The summed E-state index contributed by atoms with van der Waals surface area (Å²) in [6, 6.07) is 6.86. The van der Waals surface area contributed by atoms with Gasteiger partial charge in [-0.25, -0.2) is 0 Å². The Morgan fingerprint density at radius 1 is 1.33 bits per heavy atom. The molecule has 0 spiro atoms. The topological polar surface area (TPSA) is 78.6 Å². The van der Waals surface area contributed by atoms with Gasteiger partial charge in [0.25, 0.3) is 0 Å². The zero-order valence-corrected chi connectivity index (χ0v) is 13.7. The third-order valence-electron chi connectivity index (χ3n) is 1.78. The van der Waals surface area contributed by atoms with Gasteiger partial charge in [-0.15, -0.1) is 0 Å². The Hall–Kier alpha value is -0.945. The van der Waals surface area contributed by atoms with Crippen LogP contribution in [0.5, 0.6) is 0 Å². The van der Waals surface area contributed by atoms with E-state index in [9.17, 15) is 9.59 Å². The fourth-order valence-corrected chi connectivity index (χ4v) is 5.01. The number of carbonyl (C=O) groups is 2. The normalized spacial score (nSPS) is 8.93. The van der Waals surface area contributed by atoms with Gasteiger partial charge in [0, 0.05) is 0 Å². The zero-order chi connectivity index (χ0) is 11.3. The van der Waals surface area contributed by atoms with Gasteiger partial charge < -0.3 is 0 Å². The van der Waals surface area contributed by atoms with Crippen molar-refractivity contribution in [3.63, 3.8) is 0 Å². The molecule has 0 fully saturated rings. The molecule has 0 aromatic heterocycles. The molecule has 0 amide bonds. The van der Waals surface area contributed by atoms with E-state index in [1.165, 1.54) is 6.92 Å². The summed E-state index contributed by atoms with van der Waals surface area (Å²) < 4.78 is 5.78. The summed E-state index contributed by atoms with van der Waals surface area (Å²) in [4.78, 5) is 26.0. The van der Waals surface area contributed by atoms with E-state index < -0.39 is 31.0 Å². The van der Waals surface area contributed by atoms with Crippen molar-refractivity contribution in [3.8, 4) is 0 Å². The van der Waals surface area contributed by atoms with Gasteiger partial charge in [-0.1, -0.05) is 0 Å². The van der Waals surface area contributed by atoms with E-state index >= 15 is 0 Å². The van der Waals surface area contributed by atoms with Crippen LogP contribution >= 0.6 is 0 Å². The van der Waals surface area contributed by atoms with Crippen molar-refractivity contribution in [2.75, 3.05) is 0 Å². The maximum atomic E-state index is 11.2. The van der Waals surface area contributed by atoms with E-state index in [4.69, 9.17) is 8.54 Å². The molecule has 0 aliphatic carbocycles. The van der Waals surface area contributed by atoms with Gasteiger partial charge >= 0.3 is 99.8 Å². The first-order valence-corrected chi connectivity index (χ1v) is 9.27. The van der Waals surface area contributed by atoms with Crippen LogP contribution in [-0.4, -0.2) is 11.9 Å². The fourth-order valence-electron chi connectivity index (χ4n) is 1.09. The molecule has 1 aromatic carbocycles. The number of hydrogen-bond donors (Lipinski definition) is 1. The van der Waals surface area contributed by atoms with Gasteiger partial charge in [0.2, 0.25) is 0 Å². The summed E-state index contributed by atoms with van der Waals surface area (Å²) in [5.74, 6) is 3.88. The molecule has 15 heavy (non-hydrogen) atoms. The predicted octanol–water partition coefficient (Wildman–Crippen LogP) is -0.0970.